The lowest BCUT2D eigenvalue weighted by Gasteiger charge is -2.11. The van der Waals surface area contributed by atoms with Crippen molar-refractivity contribution in [2.24, 2.45) is 0 Å². The first kappa shape index (κ1) is 21.1. The number of unbranched alkanes of at least 4 members (excludes halogenated alkanes) is 1. The van der Waals surface area contributed by atoms with Gasteiger partial charge in [-0.25, -0.2) is 0 Å². The van der Waals surface area contributed by atoms with E-state index in [1.54, 1.807) is 10.6 Å². The number of hydrogen-bond acceptors (Lipinski definition) is 6. The molecule has 0 saturated heterocycles. The number of benzene rings is 2. The number of hydrogen-bond donors (Lipinski definition) is 0. The molecule has 0 unspecified atom stereocenters. The van der Waals surface area contributed by atoms with Crippen LogP contribution in [0.4, 0.5) is 0 Å². The van der Waals surface area contributed by atoms with Gasteiger partial charge < -0.3 is 4.74 Å². The van der Waals surface area contributed by atoms with Gasteiger partial charge in [0.2, 0.25) is 5.78 Å². The summed E-state index contributed by atoms with van der Waals surface area (Å²) in [4.78, 5) is 25.3. The number of thioether (sulfide) groups is 1. The van der Waals surface area contributed by atoms with E-state index in [-0.39, 0.29) is 17.3 Å². The van der Waals surface area contributed by atoms with Gasteiger partial charge in [0.05, 0.1) is 29.8 Å². The summed E-state index contributed by atoms with van der Waals surface area (Å²) < 4.78 is 8.71. The average Bonchev–Trinajstić information content (AvgIpc) is 3.21. The van der Waals surface area contributed by atoms with Gasteiger partial charge in [-0.15, -0.1) is 10.2 Å². The van der Waals surface area contributed by atoms with Gasteiger partial charge in [0, 0.05) is 0 Å². The summed E-state index contributed by atoms with van der Waals surface area (Å²) in [5.74, 6) is 0.300. The van der Waals surface area contributed by atoms with Crippen molar-refractivity contribution >= 4 is 34.4 Å². The molecule has 0 saturated carbocycles. The molecule has 160 valence electrons. The highest BCUT2D eigenvalue weighted by Crippen LogP contribution is 2.22. The fourth-order valence-corrected chi connectivity index (χ4v) is 4.08. The largest absolute Gasteiger partial charge is 0.465 e. The molecule has 0 spiro atoms. The number of esters is 1. The van der Waals surface area contributed by atoms with Gasteiger partial charge in [-0.3, -0.25) is 18.6 Å². The minimum absolute atomic E-state index is 0.119. The van der Waals surface area contributed by atoms with Crippen LogP contribution >= 0.6 is 11.8 Å². The third-order valence-corrected chi connectivity index (χ3v) is 5.92. The number of rotatable bonds is 8. The number of nitrogens with zero attached hydrogens (tertiary/aromatic N) is 4. The van der Waals surface area contributed by atoms with Crippen LogP contribution in [0.1, 0.15) is 30.9 Å². The molecule has 0 aliphatic rings. The maximum atomic E-state index is 13.2. The van der Waals surface area contributed by atoms with Crippen molar-refractivity contribution in [3.05, 3.63) is 70.0 Å². The quantitative estimate of drug-likeness (QED) is 0.237. The highest BCUT2D eigenvalue weighted by Gasteiger charge is 2.18. The van der Waals surface area contributed by atoms with E-state index in [0.29, 0.717) is 29.5 Å². The molecule has 0 atom stereocenters. The van der Waals surface area contributed by atoms with Gasteiger partial charge in [-0.1, -0.05) is 67.1 Å². The number of carbonyl (C=O) groups is 1. The van der Waals surface area contributed by atoms with Crippen molar-refractivity contribution < 1.29 is 9.53 Å². The van der Waals surface area contributed by atoms with E-state index in [1.807, 2.05) is 60.7 Å². The summed E-state index contributed by atoms with van der Waals surface area (Å²) in [6, 6.07) is 15.4. The van der Waals surface area contributed by atoms with Crippen LogP contribution in [-0.4, -0.2) is 37.5 Å². The van der Waals surface area contributed by atoms with Gasteiger partial charge >= 0.3 is 5.97 Å². The van der Waals surface area contributed by atoms with Crippen LogP contribution in [0.25, 0.3) is 16.7 Å². The summed E-state index contributed by atoms with van der Waals surface area (Å²) in [5.41, 5.74) is 2.76. The fourth-order valence-electron chi connectivity index (χ4n) is 3.34. The molecule has 7 nitrogen and oxygen atoms in total. The summed E-state index contributed by atoms with van der Waals surface area (Å²) in [7, 11) is 0. The van der Waals surface area contributed by atoms with Crippen molar-refractivity contribution in [1.29, 1.82) is 0 Å². The van der Waals surface area contributed by atoms with Gasteiger partial charge in [-0.2, -0.15) is 0 Å². The first-order chi connectivity index (χ1) is 15.1. The van der Waals surface area contributed by atoms with Crippen molar-refractivity contribution in [3.8, 4) is 0 Å². The van der Waals surface area contributed by atoms with E-state index in [2.05, 4.69) is 10.2 Å². The Bertz CT molecular complexity index is 1280. The molecule has 4 rings (SSSR count). The summed E-state index contributed by atoms with van der Waals surface area (Å²) in [6.45, 7) is 4.89. The number of para-hydroxylation sites is 1. The first-order valence-electron chi connectivity index (χ1n) is 10.3. The van der Waals surface area contributed by atoms with Crippen LogP contribution in [0.5, 0.6) is 0 Å². The lowest BCUT2D eigenvalue weighted by Crippen LogP contribution is -2.24. The Labute approximate surface area is 184 Å². The van der Waals surface area contributed by atoms with Crippen molar-refractivity contribution in [3.63, 3.8) is 0 Å². The lowest BCUT2D eigenvalue weighted by atomic mass is 10.1. The Morgan fingerprint density at radius 1 is 1.10 bits per heavy atom. The van der Waals surface area contributed by atoms with Gasteiger partial charge in [-0.05, 0) is 31.0 Å². The molecule has 0 amide bonds. The minimum Gasteiger partial charge on any atom is -0.465 e. The Morgan fingerprint density at radius 3 is 2.65 bits per heavy atom. The normalized spacial score (nSPS) is 11.3. The lowest BCUT2D eigenvalue weighted by molar-refractivity contribution is -0.140. The highest BCUT2D eigenvalue weighted by molar-refractivity contribution is 7.99. The second-order valence-corrected chi connectivity index (χ2v) is 8.32. The van der Waals surface area contributed by atoms with E-state index in [9.17, 15) is 9.59 Å². The number of aromatic nitrogens is 4. The molecule has 0 aliphatic carbocycles. The Hall–Kier alpha value is -3.13. The number of fused-ring (bicyclic) bond motifs is 3. The molecule has 0 aliphatic heterocycles. The molecule has 31 heavy (non-hydrogen) atoms. The van der Waals surface area contributed by atoms with E-state index < -0.39 is 0 Å². The molecular formula is C23H24N4O3S. The average molecular weight is 437 g/mol. The van der Waals surface area contributed by atoms with Crippen LogP contribution in [0.2, 0.25) is 0 Å². The summed E-state index contributed by atoms with van der Waals surface area (Å²) >= 11 is 1.26. The second kappa shape index (κ2) is 9.34. The van der Waals surface area contributed by atoms with E-state index in [0.717, 1.165) is 29.5 Å². The van der Waals surface area contributed by atoms with Crippen LogP contribution < -0.4 is 5.56 Å². The maximum absolute atomic E-state index is 13.2. The smallest absolute Gasteiger partial charge is 0.316 e. The molecule has 0 radical (unpaired) electrons. The van der Waals surface area contributed by atoms with Crippen LogP contribution in [0.3, 0.4) is 0 Å². The van der Waals surface area contributed by atoms with E-state index in [1.165, 1.54) is 11.8 Å². The maximum Gasteiger partial charge on any atom is 0.316 e. The molecule has 0 bridgehead atoms. The summed E-state index contributed by atoms with van der Waals surface area (Å²) in [6.07, 6.45) is 1.82. The van der Waals surface area contributed by atoms with Crippen molar-refractivity contribution in [2.75, 3.05) is 12.4 Å². The Kier molecular flexibility index (Phi) is 6.36. The Balaban J connectivity index is 1.73. The van der Waals surface area contributed by atoms with Gasteiger partial charge in [0.1, 0.15) is 0 Å². The van der Waals surface area contributed by atoms with E-state index in [4.69, 9.17) is 4.74 Å². The molecule has 2 aromatic heterocycles. The number of aryl methyl sites for hydroxylation is 1. The predicted octanol–water partition coefficient (Wildman–Crippen LogP) is 3.84. The van der Waals surface area contributed by atoms with Gasteiger partial charge in [0.15, 0.2) is 5.16 Å². The van der Waals surface area contributed by atoms with Gasteiger partial charge in [0.25, 0.3) is 5.56 Å². The molecule has 2 aromatic carbocycles. The predicted molar refractivity (Wildman–Crippen MR) is 122 cm³/mol. The van der Waals surface area contributed by atoms with Crippen molar-refractivity contribution in [1.82, 2.24) is 19.2 Å². The Morgan fingerprint density at radius 2 is 1.87 bits per heavy atom. The van der Waals surface area contributed by atoms with Crippen molar-refractivity contribution in [2.45, 2.75) is 38.4 Å². The van der Waals surface area contributed by atoms with E-state index >= 15 is 0 Å². The summed E-state index contributed by atoms with van der Waals surface area (Å²) in [5, 5.41) is 9.71. The van der Waals surface area contributed by atoms with Crippen LogP contribution in [0, 0.1) is 6.92 Å². The van der Waals surface area contributed by atoms with Crippen LogP contribution in [0.15, 0.2) is 58.5 Å². The highest BCUT2D eigenvalue weighted by atomic mass is 32.2. The fraction of sp³-hybridized carbons (Fsp3) is 0.304. The molecule has 2 heterocycles. The molecule has 8 heteroatoms. The zero-order chi connectivity index (χ0) is 21.8. The second-order valence-electron chi connectivity index (χ2n) is 7.37. The molecule has 0 fully saturated rings. The first-order valence-corrected chi connectivity index (χ1v) is 11.3. The number of carbonyl (C=O) groups excluding carboxylic acids is 1. The molecule has 0 N–H and O–H groups in total. The number of ether oxygens (including phenoxy) is 1. The SMILES string of the molecule is CCCCOC(=O)CSc1nnc2n(Cc3ccc(C)cc3)c(=O)c3ccccc3n12. The standard InChI is InChI=1S/C23H24N4O3S/c1-3-4-13-30-20(28)15-31-23-25-24-22-26(14-17-11-9-16(2)10-12-17)21(29)18-7-5-6-8-19(18)27(22)23/h5-12H,3-4,13-15H2,1-2H3. The minimum atomic E-state index is -0.285. The molecular weight excluding hydrogens is 412 g/mol. The van der Waals surface area contributed by atoms with Crippen LogP contribution in [-0.2, 0) is 16.1 Å². The molecule has 4 aromatic rings. The monoisotopic (exact) mass is 436 g/mol. The topological polar surface area (TPSA) is 78.5 Å². The third-order valence-electron chi connectivity index (χ3n) is 5.02. The zero-order valence-electron chi connectivity index (χ0n) is 17.6. The third kappa shape index (κ3) is 4.49. The zero-order valence-corrected chi connectivity index (χ0v) is 18.4.